The monoisotopic (exact) mass is 468 g/mol. The minimum Gasteiger partial charge on any atom is -0.467 e. The zero-order chi connectivity index (χ0) is 23.4. The van der Waals surface area contributed by atoms with Gasteiger partial charge in [0.05, 0.1) is 12.8 Å². The average Bonchev–Trinajstić information content (AvgIpc) is 3.48. The first kappa shape index (κ1) is 22.7. The molecule has 0 bridgehead atoms. The van der Waals surface area contributed by atoms with Gasteiger partial charge in [0, 0.05) is 23.2 Å². The van der Waals surface area contributed by atoms with Crippen LogP contribution < -0.4 is 9.47 Å². The lowest BCUT2D eigenvalue weighted by molar-refractivity contribution is -0.133. The van der Waals surface area contributed by atoms with Gasteiger partial charge in [0.15, 0.2) is 11.5 Å². The third-order valence-corrected chi connectivity index (χ3v) is 5.62. The second-order valence-electron chi connectivity index (χ2n) is 8.05. The molecule has 1 aliphatic rings. The number of hydrogen-bond acceptors (Lipinski definition) is 5. The van der Waals surface area contributed by atoms with Crippen LogP contribution in [0.1, 0.15) is 35.5 Å². The number of ether oxygens (including phenoxy) is 2. The Morgan fingerprint density at radius 3 is 2.45 bits per heavy atom. The van der Waals surface area contributed by atoms with Crippen molar-refractivity contribution in [3.63, 3.8) is 0 Å². The molecule has 0 saturated carbocycles. The van der Waals surface area contributed by atoms with Crippen LogP contribution in [-0.2, 0) is 17.9 Å². The highest BCUT2D eigenvalue weighted by Gasteiger charge is 2.26. The quantitative estimate of drug-likeness (QED) is 0.477. The molecular weight excluding hydrogens is 444 g/mol. The summed E-state index contributed by atoms with van der Waals surface area (Å²) in [6, 6.07) is 15.7. The van der Waals surface area contributed by atoms with Crippen LogP contribution in [-0.4, -0.2) is 41.0 Å². The van der Waals surface area contributed by atoms with Gasteiger partial charge in [-0.05, 0) is 67.9 Å². The van der Waals surface area contributed by atoms with Gasteiger partial charge in [-0.1, -0.05) is 17.7 Å². The lowest BCUT2D eigenvalue weighted by atomic mass is 10.1. The molecule has 2 aromatic carbocycles. The molecule has 0 unspecified atom stereocenters. The molecular formula is C25H25ClN2O5. The van der Waals surface area contributed by atoms with E-state index in [9.17, 15) is 9.59 Å². The number of hydrogen-bond donors (Lipinski definition) is 0. The number of carbonyl (C=O) groups is 2. The minimum absolute atomic E-state index is 0.0651. The average molecular weight is 469 g/mol. The van der Waals surface area contributed by atoms with Gasteiger partial charge in [0.1, 0.15) is 12.3 Å². The van der Waals surface area contributed by atoms with E-state index in [1.165, 1.54) is 0 Å². The molecule has 0 aliphatic carbocycles. The van der Waals surface area contributed by atoms with Crippen LogP contribution in [0.25, 0.3) is 0 Å². The Labute approximate surface area is 197 Å². The van der Waals surface area contributed by atoms with E-state index in [-0.39, 0.29) is 37.7 Å². The number of fused-ring (bicyclic) bond motifs is 1. The second-order valence-corrected chi connectivity index (χ2v) is 8.49. The van der Waals surface area contributed by atoms with Crippen LogP contribution in [0.3, 0.4) is 0 Å². The third-order valence-electron chi connectivity index (χ3n) is 5.37. The number of nitrogens with zero attached hydrogens (tertiary/aromatic N) is 2. The summed E-state index contributed by atoms with van der Waals surface area (Å²) >= 11 is 5.95. The number of halogens is 1. The Bertz CT molecular complexity index is 1110. The molecule has 0 spiro atoms. The predicted molar refractivity (Wildman–Crippen MR) is 123 cm³/mol. The fourth-order valence-electron chi connectivity index (χ4n) is 3.58. The fraction of sp³-hybridized carbons (Fsp3) is 0.280. The van der Waals surface area contributed by atoms with Gasteiger partial charge in [-0.3, -0.25) is 9.59 Å². The highest BCUT2D eigenvalue weighted by Crippen LogP contribution is 2.33. The molecule has 0 radical (unpaired) electrons. The lowest BCUT2D eigenvalue weighted by Crippen LogP contribution is -2.45. The molecule has 0 N–H and O–H groups in total. The van der Waals surface area contributed by atoms with Gasteiger partial charge in [0.25, 0.3) is 5.91 Å². The number of furan rings is 1. The van der Waals surface area contributed by atoms with E-state index in [4.69, 9.17) is 25.5 Å². The van der Waals surface area contributed by atoms with Crippen molar-refractivity contribution in [1.29, 1.82) is 0 Å². The molecule has 172 valence electrons. The standard InChI is InChI=1S/C25H25ClN2O5/c1-17(2)28(25(30)19-6-8-20(26)9-7-19)15-24(29)27(14-21-4-3-11-31-21)13-18-5-10-22-23(12-18)33-16-32-22/h3-12,17H,13-16H2,1-2H3. The van der Waals surface area contributed by atoms with Gasteiger partial charge >= 0.3 is 0 Å². The van der Waals surface area contributed by atoms with Crippen molar-refractivity contribution in [2.75, 3.05) is 13.3 Å². The summed E-state index contributed by atoms with van der Waals surface area (Å²) < 4.78 is 16.3. The van der Waals surface area contributed by atoms with E-state index >= 15 is 0 Å². The zero-order valence-electron chi connectivity index (χ0n) is 18.5. The predicted octanol–water partition coefficient (Wildman–Crippen LogP) is 4.74. The van der Waals surface area contributed by atoms with Gasteiger partial charge in [-0.15, -0.1) is 0 Å². The normalized spacial score (nSPS) is 12.1. The maximum Gasteiger partial charge on any atom is 0.254 e. The van der Waals surface area contributed by atoms with E-state index in [1.807, 2.05) is 38.1 Å². The van der Waals surface area contributed by atoms with Crippen LogP contribution in [0.2, 0.25) is 5.02 Å². The molecule has 1 aliphatic heterocycles. The van der Waals surface area contributed by atoms with Crippen molar-refractivity contribution < 1.29 is 23.5 Å². The Kier molecular flexibility index (Phi) is 6.89. The van der Waals surface area contributed by atoms with Gasteiger partial charge in [-0.25, -0.2) is 0 Å². The van der Waals surface area contributed by atoms with E-state index < -0.39 is 0 Å². The van der Waals surface area contributed by atoms with Crippen molar-refractivity contribution in [2.45, 2.75) is 33.0 Å². The molecule has 0 fully saturated rings. The molecule has 3 aromatic rings. The molecule has 0 saturated heterocycles. The number of rotatable bonds is 8. The summed E-state index contributed by atoms with van der Waals surface area (Å²) in [5.74, 6) is 1.57. The minimum atomic E-state index is -0.226. The molecule has 0 atom stereocenters. The van der Waals surface area contributed by atoms with E-state index in [1.54, 1.807) is 46.4 Å². The molecule has 1 aromatic heterocycles. The Balaban J connectivity index is 1.54. The smallest absolute Gasteiger partial charge is 0.254 e. The van der Waals surface area contributed by atoms with Crippen molar-refractivity contribution in [3.05, 3.63) is 82.8 Å². The van der Waals surface area contributed by atoms with Crippen molar-refractivity contribution in [1.82, 2.24) is 9.80 Å². The first-order chi connectivity index (χ1) is 15.9. The van der Waals surface area contributed by atoms with Crippen molar-refractivity contribution >= 4 is 23.4 Å². The summed E-state index contributed by atoms with van der Waals surface area (Å²) in [6.07, 6.45) is 1.57. The molecule has 8 heteroatoms. The van der Waals surface area contributed by atoms with E-state index in [0.29, 0.717) is 34.4 Å². The number of benzene rings is 2. The fourth-order valence-corrected chi connectivity index (χ4v) is 3.70. The van der Waals surface area contributed by atoms with Gasteiger partial charge in [0.2, 0.25) is 12.7 Å². The first-order valence-corrected chi connectivity index (χ1v) is 11.0. The highest BCUT2D eigenvalue weighted by atomic mass is 35.5. The third kappa shape index (κ3) is 5.49. The van der Waals surface area contributed by atoms with Gasteiger partial charge < -0.3 is 23.7 Å². The highest BCUT2D eigenvalue weighted by molar-refractivity contribution is 6.30. The summed E-state index contributed by atoms with van der Waals surface area (Å²) in [5, 5.41) is 0.548. The first-order valence-electron chi connectivity index (χ1n) is 10.7. The zero-order valence-corrected chi connectivity index (χ0v) is 19.2. The Morgan fingerprint density at radius 2 is 1.76 bits per heavy atom. The van der Waals surface area contributed by atoms with Crippen LogP contribution in [0.15, 0.2) is 65.3 Å². The van der Waals surface area contributed by atoms with Crippen LogP contribution in [0, 0.1) is 0 Å². The lowest BCUT2D eigenvalue weighted by Gasteiger charge is -2.30. The Hall–Kier alpha value is -3.45. The molecule has 33 heavy (non-hydrogen) atoms. The molecule has 4 rings (SSSR count). The maximum absolute atomic E-state index is 13.4. The number of carbonyl (C=O) groups excluding carboxylic acids is 2. The summed E-state index contributed by atoms with van der Waals surface area (Å²) in [7, 11) is 0. The molecule has 2 heterocycles. The largest absolute Gasteiger partial charge is 0.467 e. The van der Waals surface area contributed by atoms with Crippen LogP contribution in [0.4, 0.5) is 0 Å². The summed E-state index contributed by atoms with van der Waals surface area (Å²) in [6.45, 7) is 4.50. The summed E-state index contributed by atoms with van der Waals surface area (Å²) in [5.41, 5.74) is 1.37. The van der Waals surface area contributed by atoms with E-state index in [0.717, 1.165) is 5.56 Å². The second kappa shape index (κ2) is 10.0. The molecule has 7 nitrogen and oxygen atoms in total. The topological polar surface area (TPSA) is 72.2 Å². The SMILES string of the molecule is CC(C)N(CC(=O)N(Cc1ccc2c(c1)OCO2)Cc1ccco1)C(=O)c1ccc(Cl)cc1. The van der Waals surface area contributed by atoms with Crippen LogP contribution in [0.5, 0.6) is 11.5 Å². The van der Waals surface area contributed by atoms with Crippen molar-refractivity contribution in [2.24, 2.45) is 0 Å². The van der Waals surface area contributed by atoms with Crippen molar-refractivity contribution in [3.8, 4) is 11.5 Å². The number of amides is 2. The van der Waals surface area contributed by atoms with Gasteiger partial charge in [-0.2, -0.15) is 0 Å². The molecule has 2 amide bonds. The summed E-state index contributed by atoms with van der Waals surface area (Å²) in [4.78, 5) is 29.8. The van der Waals surface area contributed by atoms with E-state index in [2.05, 4.69) is 0 Å². The Morgan fingerprint density at radius 1 is 1.00 bits per heavy atom. The maximum atomic E-state index is 13.4. The van der Waals surface area contributed by atoms with Crippen LogP contribution >= 0.6 is 11.6 Å².